The van der Waals surface area contributed by atoms with Crippen LogP contribution in [0.4, 0.5) is 0 Å². The molecule has 0 N–H and O–H groups in total. The largest absolute Gasteiger partial charge is 0.216 e. The molecule has 1 aromatic heterocycles. The van der Waals surface area contributed by atoms with E-state index in [0.29, 0.717) is 6.54 Å². The van der Waals surface area contributed by atoms with E-state index < -0.39 is 0 Å². The van der Waals surface area contributed by atoms with Crippen molar-refractivity contribution in [2.24, 2.45) is 0 Å². The van der Waals surface area contributed by atoms with E-state index in [1.165, 1.54) is 11.1 Å². The zero-order chi connectivity index (χ0) is 14.5. The zero-order valence-electron chi connectivity index (χ0n) is 11.2. The highest BCUT2D eigenvalue weighted by Crippen LogP contribution is 2.22. The van der Waals surface area contributed by atoms with Crippen LogP contribution in [0.5, 0.6) is 0 Å². The number of nitrogens with zero attached hydrogens (tertiary/aromatic N) is 4. The number of rotatable bonds is 5. The van der Waals surface area contributed by atoms with E-state index >= 15 is 0 Å². The van der Waals surface area contributed by atoms with Crippen molar-refractivity contribution in [3.05, 3.63) is 70.2 Å². The van der Waals surface area contributed by atoms with Gasteiger partial charge in [0, 0.05) is 10.2 Å². The van der Waals surface area contributed by atoms with Crippen LogP contribution in [0.15, 0.2) is 64.2 Å². The summed E-state index contributed by atoms with van der Waals surface area (Å²) in [6.45, 7) is 0.689. The Morgan fingerprint density at radius 1 is 1.00 bits per heavy atom. The van der Waals surface area contributed by atoms with Crippen LogP contribution < -0.4 is 0 Å². The second-order valence-corrected chi connectivity index (χ2v) is 6.38. The molecule has 1 heterocycles. The lowest BCUT2D eigenvalue weighted by Gasteiger charge is -2.05. The third-order valence-corrected chi connectivity index (χ3v) is 4.45. The Morgan fingerprint density at radius 3 is 2.62 bits per heavy atom. The van der Waals surface area contributed by atoms with Gasteiger partial charge in [-0.3, -0.25) is 0 Å². The van der Waals surface area contributed by atoms with Gasteiger partial charge in [0.25, 0.3) is 0 Å². The Morgan fingerprint density at radius 2 is 1.81 bits per heavy atom. The molecular formula is C15H13BrN4S. The molecule has 106 valence electrons. The highest BCUT2D eigenvalue weighted by Gasteiger charge is 2.07. The summed E-state index contributed by atoms with van der Waals surface area (Å²) >= 11 is 5.13. The SMILES string of the molecule is Brc1cccc(CSc2nnnn2Cc2ccccc2)c1. The van der Waals surface area contributed by atoms with Gasteiger partial charge in [-0.2, -0.15) is 0 Å². The molecular weight excluding hydrogens is 348 g/mol. The van der Waals surface area contributed by atoms with Gasteiger partial charge in [0.05, 0.1) is 6.54 Å². The van der Waals surface area contributed by atoms with Crippen LogP contribution in [0.2, 0.25) is 0 Å². The summed E-state index contributed by atoms with van der Waals surface area (Å²) in [5.41, 5.74) is 2.43. The molecule has 0 bridgehead atoms. The Balaban J connectivity index is 1.68. The summed E-state index contributed by atoms with van der Waals surface area (Å²) in [7, 11) is 0. The van der Waals surface area contributed by atoms with Crippen molar-refractivity contribution in [3.8, 4) is 0 Å². The van der Waals surface area contributed by atoms with Crippen LogP contribution in [0.3, 0.4) is 0 Å². The molecule has 21 heavy (non-hydrogen) atoms. The maximum atomic E-state index is 4.10. The maximum absolute atomic E-state index is 4.10. The molecule has 0 atom stereocenters. The van der Waals surface area contributed by atoms with Crippen molar-refractivity contribution >= 4 is 27.7 Å². The monoisotopic (exact) mass is 360 g/mol. The number of aromatic nitrogens is 4. The van der Waals surface area contributed by atoms with Crippen LogP contribution in [-0.2, 0) is 12.3 Å². The predicted molar refractivity (Wildman–Crippen MR) is 87.1 cm³/mol. The third kappa shape index (κ3) is 3.92. The van der Waals surface area contributed by atoms with E-state index in [0.717, 1.165) is 15.4 Å². The van der Waals surface area contributed by atoms with Gasteiger partial charge in [-0.1, -0.05) is 70.2 Å². The van der Waals surface area contributed by atoms with Crippen molar-refractivity contribution in [2.45, 2.75) is 17.5 Å². The van der Waals surface area contributed by atoms with Crippen molar-refractivity contribution < 1.29 is 0 Å². The molecule has 0 spiro atoms. The summed E-state index contributed by atoms with van der Waals surface area (Å²) in [6.07, 6.45) is 0. The maximum Gasteiger partial charge on any atom is 0.209 e. The summed E-state index contributed by atoms with van der Waals surface area (Å²) in [5.74, 6) is 0.842. The summed E-state index contributed by atoms with van der Waals surface area (Å²) in [4.78, 5) is 0. The molecule has 3 aromatic rings. The van der Waals surface area contributed by atoms with Crippen molar-refractivity contribution in [2.75, 3.05) is 0 Å². The quantitative estimate of drug-likeness (QED) is 0.649. The number of halogens is 1. The van der Waals surface area contributed by atoms with E-state index in [1.807, 2.05) is 35.0 Å². The number of benzene rings is 2. The van der Waals surface area contributed by atoms with E-state index in [9.17, 15) is 0 Å². The molecule has 4 nitrogen and oxygen atoms in total. The van der Waals surface area contributed by atoms with Crippen LogP contribution in [-0.4, -0.2) is 20.2 Å². The number of tetrazole rings is 1. The molecule has 0 aliphatic carbocycles. The average molecular weight is 361 g/mol. The fourth-order valence-electron chi connectivity index (χ4n) is 1.93. The fourth-order valence-corrected chi connectivity index (χ4v) is 3.20. The smallest absolute Gasteiger partial charge is 0.209 e. The molecule has 0 aliphatic heterocycles. The van der Waals surface area contributed by atoms with Crippen molar-refractivity contribution in [1.82, 2.24) is 20.2 Å². The Hall–Kier alpha value is -1.66. The zero-order valence-corrected chi connectivity index (χ0v) is 13.6. The Bertz CT molecular complexity index is 714. The fraction of sp³-hybridized carbons (Fsp3) is 0.133. The van der Waals surface area contributed by atoms with Gasteiger partial charge in [-0.25, -0.2) is 4.68 Å². The summed E-state index contributed by atoms with van der Waals surface area (Å²) < 4.78 is 2.92. The standard InChI is InChI=1S/C15H13BrN4S/c16-14-8-4-7-13(9-14)11-21-15-17-18-19-20(15)10-12-5-2-1-3-6-12/h1-9H,10-11H2. The van der Waals surface area contributed by atoms with E-state index in [1.54, 1.807) is 11.8 Å². The van der Waals surface area contributed by atoms with Gasteiger partial charge in [0.15, 0.2) is 0 Å². The summed E-state index contributed by atoms with van der Waals surface area (Å²) in [6, 6.07) is 18.5. The first-order chi connectivity index (χ1) is 10.3. The lowest BCUT2D eigenvalue weighted by atomic mass is 10.2. The molecule has 2 aromatic carbocycles. The van der Waals surface area contributed by atoms with Crippen LogP contribution in [0.25, 0.3) is 0 Å². The van der Waals surface area contributed by atoms with Crippen molar-refractivity contribution in [3.63, 3.8) is 0 Å². The van der Waals surface area contributed by atoms with Gasteiger partial charge in [-0.15, -0.1) is 5.10 Å². The van der Waals surface area contributed by atoms with Gasteiger partial charge in [0.2, 0.25) is 5.16 Å². The molecule has 0 unspecified atom stereocenters. The average Bonchev–Trinajstić information content (AvgIpc) is 2.93. The van der Waals surface area contributed by atoms with Gasteiger partial charge < -0.3 is 0 Å². The van der Waals surface area contributed by atoms with Crippen molar-refractivity contribution in [1.29, 1.82) is 0 Å². The van der Waals surface area contributed by atoms with Crippen LogP contribution in [0, 0.1) is 0 Å². The molecule has 0 radical (unpaired) electrons. The number of hydrogen-bond acceptors (Lipinski definition) is 4. The predicted octanol–water partition coefficient (Wildman–Crippen LogP) is 3.78. The molecule has 0 fully saturated rings. The first-order valence-corrected chi connectivity index (χ1v) is 8.26. The third-order valence-electron chi connectivity index (χ3n) is 2.93. The molecule has 0 aliphatic rings. The highest BCUT2D eigenvalue weighted by molar-refractivity contribution is 9.10. The molecule has 3 rings (SSSR count). The second kappa shape index (κ2) is 6.87. The summed E-state index contributed by atoms with van der Waals surface area (Å²) in [5, 5.41) is 12.8. The molecule has 0 amide bonds. The minimum Gasteiger partial charge on any atom is -0.216 e. The van der Waals surface area contributed by atoms with E-state index in [-0.39, 0.29) is 0 Å². The van der Waals surface area contributed by atoms with Gasteiger partial charge >= 0.3 is 0 Å². The lowest BCUT2D eigenvalue weighted by molar-refractivity contribution is 0.603. The topological polar surface area (TPSA) is 43.6 Å². The minimum atomic E-state index is 0.689. The van der Waals surface area contributed by atoms with Gasteiger partial charge in [0.1, 0.15) is 0 Å². The van der Waals surface area contributed by atoms with Crippen LogP contribution in [0.1, 0.15) is 11.1 Å². The molecule has 0 saturated carbocycles. The number of hydrogen-bond donors (Lipinski definition) is 0. The first kappa shape index (κ1) is 14.3. The number of thioether (sulfide) groups is 1. The lowest BCUT2D eigenvalue weighted by Crippen LogP contribution is -2.03. The normalized spacial score (nSPS) is 10.7. The van der Waals surface area contributed by atoms with E-state index in [4.69, 9.17) is 0 Å². The second-order valence-electron chi connectivity index (χ2n) is 4.52. The van der Waals surface area contributed by atoms with Crippen LogP contribution >= 0.6 is 27.7 Å². The molecule has 0 saturated heterocycles. The molecule has 6 heteroatoms. The van der Waals surface area contributed by atoms with Gasteiger partial charge in [-0.05, 0) is 33.7 Å². The van der Waals surface area contributed by atoms with E-state index in [2.05, 4.69) is 55.7 Å². The Labute approximate surface area is 135 Å². The minimum absolute atomic E-state index is 0.689. The highest BCUT2D eigenvalue weighted by atomic mass is 79.9. The Kier molecular flexibility index (Phi) is 4.67. The first-order valence-electron chi connectivity index (χ1n) is 6.48.